The Kier molecular flexibility index (Phi) is 6.54. The summed E-state index contributed by atoms with van der Waals surface area (Å²) in [5.41, 5.74) is 3.78. The molecular weight excluding hydrogens is 487 g/mol. The van der Waals surface area contributed by atoms with Crippen molar-refractivity contribution in [3.63, 3.8) is 0 Å². The molecule has 1 N–H and O–H groups in total. The van der Waals surface area contributed by atoms with Gasteiger partial charge in [-0.2, -0.15) is 0 Å². The summed E-state index contributed by atoms with van der Waals surface area (Å²) < 4.78 is 0. The number of carbonyl (C=O) groups is 1. The van der Waals surface area contributed by atoms with Gasteiger partial charge in [0.1, 0.15) is 5.75 Å². The van der Waals surface area contributed by atoms with Gasteiger partial charge in [-0.25, -0.2) is 4.99 Å². The Labute approximate surface area is 205 Å². The van der Waals surface area contributed by atoms with Crippen molar-refractivity contribution in [2.45, 2.75) is 13.8 Å². The summed E-state index contributed by atoms with van der Waals surface area (Å²) in [5, 5.41) is 11.5. The number of aliphatic imine (C=N–C) groups is 1. The smallest absolute Gasteiger partial charge is 0.271 e. The van der Waals surface area contributed by atoms with E-state index in [1.807, 2.05) is 38.1 Å². The molecule has 162 valence electrons. The van der Waals surface area contributed by atoms with E-state index < -0.39 is 0 Å². The molecule has 1 fully saturated rings. The van der Waals surface area contributed by atoms with Crippen molar-refractivity contribution >= 4 is 75.1 Å². The lowest BCUT2D eigenvalue weighted by atomic mass is 10.2. The summed E-state index contributed by atoms with van der Waals surface area (Å²) in [7, 11) is 0. The minimum Gasteiger partial charge on any atom is -0.506 e. The standard InChI is InChI=1S/C24H17Cl3N2O2S/c1-13-3-6-16(11-18(13)25)28-24-29(17-7-4-14(2)19(26)12-17)23(31)22(32-24)10-15-5-8-21(30)20(27)9-15/h3-12,30H,1-2H3/b22-10+,28-24?. The zero-order valence-electron chi connectivity index (χ0n) is 17.1. The van der Waals surface area contributed by atoms with Gasteiger partial charge < -0.3 is 5.11 Å². The van der Waals surface area contributed by atoms with E-state index in [0.29, 0.717) is 37.1 Å². The van der Waals surface area contributed by atoms with Gasteiger partial charge in [0.15, 0.2) is 5.17 Å². The molecule has 4 nitrogen and oxygen atoms in total. The van der Waals surface area contributed by atoms with Crippen LogP contribution >= 0.6 is 46.6 Å². The minimum atomic E-state index is -0.240. The summed E-state index contributed by atoms with van der Waals surface area (Å²) in [5.74, 6) is -0.260. The Morgan fingerprint density at radius 2 is 1.59 bits per heavy atom. The summed E-state index contributed by atoms with van der Waals surface area (Å²) in [4.78, 5) is 20.1. The van der Waals surface area contributed by atoms with Crippen LogP contribution in [0, 0.1) is 13.8 Å². The number of phenolic OH excluding ortho intramolecular Hbond substituents is 1. The van der Waals surface area contributed by atoms with Crippen molar-refractivity contribution in [1.82, 2.24) is 0 Å². The van der Waals surface area contributed by atoms with Gasteiger partial charge >= 0.3 is 0 Å². The van der Waals surface area contributed by atoms with Crippen LogP contribution in [0.3, 0.4) is 0 Å². The van der Waals surface area contributed by atoms with Crippen molar-refractivity contribution in [3.05, 3.63) is 91.3 Å². The summed E-state index contributed by atoms with van der Waals surface area (Å²) in [6.07, 6.45) is 1.71. The number of hydrogen-bond donors (Lipinski definition) is 1. The fraction of sp³-hybridized carbons (Fsp3) is 0.0833. The second kappa shape index (κ2) is 9.20. The first kappa shape index (κ1) is 22.7. The van der Waals surface area contributed by atoms with Crippen molar-refractivity contribution in [1.29, 1.82) is 0 Å². The van der Waals surface area contributed by atoms with Crippen LogP contribution in [0.15, 0.2) is 64.5 Å². The fourth-order valence-corrected chi connectivity index (χ4v) is 4.56. The minimum absolute atomic E-state index is 0.0198. The number of amidine groups is 1. The summed E-state index contributed by atoms with van der Waals surface area (Å²) >= 11 is 19.9. The van der Waals surface area contributed by atoms with Crippen molar-refractivity contribution in [2.75, 3.05) is 4.90 Å². The Hall–Kier alpha value is -2.44. The quantitative estimate of drug-likeness (QED) is 0.371. The van der Waals surface area contributed by atoms with Crippen LogP contribution in [0.5, 0.6) is 5.75 Å². The molecule has 3 aromatic rings. The molecule has 0 atom stereocenters. The van der Waals surface area contributed by atoms with E-state index in [4.69, 9.17) is 39.8 Å². The van der Waals surface area contributed by atoms with E-state index in [0.717, 1.165) is 11.1 Å². The zero-order valence-corrected chi connectivity index (χ0v) is 20.1. The average molecular weight is 504 g/mol. The first-order valence-electron chi connectivity index (χ1n) is 9.56. The van der Waals surface area contributed by atoms with Gasteiger partial charge in [0.05, 0.1) is 21.3 Å². The van der Waals surface area contributed by atoms with Crippen LogP contribution < -0.4 is 4.90 Å². The van der Waals surface area contributed by atoms with Crippen LogP contribution in [0.25, 0.3) is 6.08 Å². The Bertz CT molecular complexity index is 1300. The zero-order chi connectivity index (χ0) is 23.0. The second-order valence-corrected chi connectivity index (χ2v) is 9.45. The Balaban J connectivity index is 1.81. The number of anilines is 1. The van der Waals surface area contributed by atoms with Crippen molar-refractivity contribution in [2.24, 2.45) is 4.99 Å². The highest BCUT2D eigenvalue weighted by Crippen LogP contribution is 2.39. The van der Waals surface area contributed by atoms with Gasteiger partial charge in [0.25, 0.3) is 5.91 Å². The van der Waals surface area contributed by atoms with Crippen LogP contribution in [0.1, 0.15) is 16.7 Å². The monoisotopic (exact) mass is 502 g/mol. The highest BCUT2D eigenvalue weighted by atomic mass is 35.5. The number of thioether (sulfide) groups is 1. The molecule has 1 saturated heterocycles. The molecule has 8 heteroatoms. The molecule has 0 aromatic heterocycles. The third-order valence-electron chi connectivity index (χ3n) is 4.87. The highest BCUT2D eigenvalue weighted by molar-refractivity contribution is 8.19. The van der Waals surface area contributed by atoms with E-state index in [1.165, 1.54) is 22.7 Å². The SMILES string of the molecule is Cc1ccc(N=C2S/C(=C/c3ccc(O)c(Cl)c3)C(=O)N2c2ccc(C)c(Cl)c2)cc1Cl. The van der Waals surface area contributed by atoms with Crippen LogP contribution in [-0.4, -0.2) is 16.2 Å². The van der Waals surface area contributed by atoms with E-state index in [-0.39, 0.29) is 16.7 Å². The number of halogens is 3. The lowest BCUT2D eigenvalue weighted by Gasteiger charge is -2.16. The topological polar surface area (TPSA) is 52.9 Å². The number of aromatic hydroxyl groups is 1. The number of carbonyl (C=O) groups excluding carboxylic acids is 1. The summed E-state index contributed by atoms with van der Waals surface area (Å²) in [6, 6.07) is 15.7. The maximum atomic E-state index is 13.4. The third-order valence-corrected chi connectivity index (χ3v) is 6.96. The van der Waals surface area contributed by atoms with Crippen molar-refractivity contribution < 1.29 is 9.90 Å². The van der Waals surface area contributed by atoms with E-state index in [9.17, 15) is 9.90 Å². The molecule has 0 radical (unpaired) electrons. The molecule has 0 saturated carbocycles. The van der Waals surface area contributed by atoms with Gasteiger partial charge in [0.2, 0.25) is 0 Å². The lowest BCUT2D eigenvalue weighted by Crippen LogP contribution is -2.28. The van der Waals surface area contributed by atoms with Gasteiger partial charge in [-0.1, -0.05) is 53.0 Å². The fourth-order valence-electron chi connectivity index (χ4n) is 3.02. The molecular formula is C24H17Cl3N2O2S. The van der Waals surface area contributed by atoms with Gasteiger partial charge in [0, 0.05) is 10.0 Å². The van der Waals surface area contributed by atoms with Gasteiger partial charge in [-0.05, 0) is 84.8 Å². The Morgan fingerprint density at radius 3 is 2.25 bits per heavy atom. The molecule has 32 heavy (non-hydrogen) atoms. The molecule has 4 rings (SSSR count). The predicted octanol–water partition coefficient (Wildman–Crippen LogP) is 7.78. The first-order valence-corrected chi connectivity index (χ1v) is 11.5. The first-order chi connectivity index (χ1) is 15.2. The lowest BCUT2D eigenvalue weighted by molar-refractivity contribution is -0.113. The highest BCUT2D eigenvalue weighted by Gasteiger charge is 2.35. The number of hydrogen-bond acceptors (Lipinski definition) is 4. The molecule has 1 amide bonds. The molecule has 1 aliphatic rings. The molecule has 1 aliphatic heterocycles. The average Bonchev–Trinajstić information content (AvgIpc) is 3.04. The van der Waals surface area contributed by atoms with Crippen LogP contribution in [0.2, 0.25) is 15.1 Å². The number of nitrogens with zero attached hydrogens (tertiary/aromatic N) is 2. The van der Waals surface area contributed by atoms with Crippen LogP contribution in [-0.2, 0) is 4.79 Å². The maximum absolute atomic E-state index is 13.4. The molecule has 0 aliphatic carbocycles. The molecule has 3 aromatic carbocycles. The number of benzene rings is 3. The predicted molar refractivity (Wildman–Crippen MR) is 136 cm³/mol. The normalized spacial score (nSPS) is 16.4. The van der Waals surface area contributed by atoms with E-state index in [2.05, 4.69) is 0 Å². The van der Waals surface area contributed by atoms with E-state index in [1.54, 1.807) is 30.3 Å². The largest absolute Gasteiger partial charge is 0.506 e. The molecule has 0 spiro atoms. The van der Waals surface area contributed by atoms with Crippen molar-refractivity contribution in [3.8, 4) is 5.75 Å². The van der Waals surface area contributed by atoms with Crippen LogP contribution in [0.4, 0.5) is 11.4 Å². The molecule has 0 unspecified atom stereocenters. The van der Waals surface area contributed by atoms with Gasteiger partial charge in [-0.3, -0.25) is 9.69 Å². The van der Waals surface area contributed by atoms with Gasteiger partial charge in [-0.15, -0.1) is 0 Å². The third kappa shape index (κ3) is 4.66. The Morgan fingerprint density at radius 1 is 0.906 bits per heavy atom. The maximum Gasteiger partial charge on any atom is 0.271 e. The summed E-state index contributed by atoms with van der Waals surface area (Å²) in [6.45, 7) is 3.81. The number of phenols is 1. The molecule has 0 bridgehead atoms. The number of rotatable bonds is 3. The number of amides is 1. The van der Waals surface area contributed by atoms with E-state index >= 15 is 0 Å². The number of aryl methyl sites for hydroxylation is 2. The molecule has 1 heterocycles. The second-order valence-electron chi connectivity index (χ2n) is 7.22.